The maximum Gasteiger partial charge on any atom is 0.389 e. The van der Waals surface area contributed by atoms with E-state index in [2.05, 4.69) is 20.4 Å². The number of fused-ring (bicyclic) bond motifs is 1. The van der Waals surface area contributed by atoms with Gasteiger partial charge in [-0.1, -0.05) is 0 Å². The van der Waals surface area contributed by atoms with Crippen LogP contribution in [0.4, 0.5) is 19.0 Å². The van der Waals surface area contributed by atoms with Crippen LogP contribution >= 0.6 is 0 Å². The quantitative estimate of drug-likeness (QED) is 0.863. The number of ether oxygens (including phenoxy) is 1. The summed E-state index contributed by atoms with van der Waals surface area (Å²) in [5.74, 6) is 0.0120. The molecule has 0 saturated carbocycles. The molecule has 0 amide bonds. The molecule has 2 aromatic heterocycles. The van der Waals surface area contributed by atoms with Crippen molar-refractivity contribution in [2.24, 2.45) is 0 Å². The number of H-pyrrole nitrogens is 1. The summed E-state index contributed by atoms with van der Waals surface area (Å²) in [5, 5.41) is 2.50. The summed E-state index contributed by atoms with van der Waals surface area (Å²) < 4.78 is 42.0. The van der Waals surface area contributed by atoms with Gasteiger partial charge in [0.2, 0.25) is 0 Å². The molecule has 0 aliphatic carbocycles. The van der Waals surface area contributed by atoms with Gasteiger partial charge in [0.1, 0.15) is 18.1 Å². The first-order valence-electron chi connectivity index (χ1n) is 7.43. The van der Waals surface area contributed by atoms with E-state index in [9.17, 15) is 18.0 Å². The molecule has 0 spiro atoms. The van der Waals surface area contributed by atoms with E-state index < -0.39 is 30.9 Å². The van der Waals surface area contributed by atoms with Crippen LogP contribution in [0.3, 0.4) is 0 Å². The second kappa shape index (κ2) is 6.73. The Bertz CT molecular complexity index is 718. The third-order valence-corrected chi connectivity index (χ3v) is 3.70. The summed E-state index contributed by atoms with van der Waals surface area (Å²) >= 11 is 0. The van der Waals surface area contributed by atoms with Gasteiger partial charge in [-0.25, -0.2) is 15.0 Å². The van der Waals surface area contributed by atoms with Crippen molar-refractivity contribution >= 4 is 22.6 Å². The fraction of sp³-hybridized carbons (Fsp3) is 0.500. The van der Waals surface area contributed by atoms with Gasteiger partial charge in [0.25, 0.3) is 0 Å². The van der Waals surface area contributed by atoms with Gasteiger partial charge >= 0.3 is 6.18 Å². The Balaban J connectivity index is 1.61. The van der Waals surface area contributed by atoms with E-state index in [0.29, 0.717) is 18.0 Å². The first-order valence-corrected chi connectivity index (χ1v) is 7.43. The molecule has 2 N–H and O–H groups in total. The van der Waals surface area contributed by atoms with E-state index in [1.807, 2.05) is 6.07 Å². The van der Waals surface area contributed by atoms with Crippen molar-refractivity contribution in [3.8, 4) is 0 Å². The molecule has 7 nitrogen and oxygen atoms in total. The standard InChI is InChI=1S/C14H16F3N5O2/c15-14(16,17)3-1-10(23)11-7-22(5-6-24-11)21-13-9-2-4-18-12(9)19-8-20-13/h2,4,8,11H,1,3,5-7H2,(H2,18,19,20,21). The lowest BCUT2D eigenvalue weighted by Crippen LogP contribution is -2.48. The zero-order valence-corrected chi connectivity index (χ0v) is 12.6. The summed E-state index contributed by atoms with van der Waals surface area (Å²) in [6.07, 6.45) is -3.80. The summed E-state index contributed by atoms with van der Waals surface area (Å²) in [6.45, 7) is 0.891. The summed E-state index contributed by atoms with van der Waals surface area (Å²) in [4.78, 5) is 23.1. The van der Waals surface area contributed by atoms with Gasteiger partial charge in [-0.3, -0.25) is 4.79 Å². The van der Waals surface area contributed by atoms with Gasteiger partial charge in [-0.2, -0.15) is 13.2 Å². The van der Waals surface area contributed by atoms with Crippen molar-refractivity contribution in [3.63, 3.8) is 0 Å². The van der Waals surface area contributed by atoms with Crippen molar-refractivity contribution in [2.75, 3.05) is 25.1 Å². The summed E-state index contributed by atoms with van der Waals surface area (Å²) in [6, 6.07) is 1.81. The van der Waals surface area contributed by atoms with Crippen LogP contribution in [0.2, 0.25) is 0 Å². The minimum Gasteiger partial charge on any atom is -0.368 e. The van der Waals surface area contributed by atoms with E-state index in [4.69, 9.17) is 4.74 Å². The molecule has 3 heterocycles. The highest BCUT2D eigenvalue weighted by molar-refractivity contribution is 5.86. The lowest BCUT2D eigenvalue weighted by atomic mass is 10.1. The number of ketones is 1. The first kappa shape index (κ1) is 16.7. The number of hydrazine groups is 1. The molecule has 24 heavy (non-hydrogen) atoms. The van der Waals surface area contributed by atoms with Crippen LogP contribution in [0.15, 0.2) is 18.6 Å². The zero-order chi connectivity index (χ0) is 17.2. The second-order valence-corrected chi connectivity index (χ2v) is 5.46. The molecule has 1 unspecified atom stereocenters. The number of anilines is 1. The number of aromatic amines is 1. The van der Waals surface area contributed by atoms with Crippen molar-refractivity contribution in [1.29, 1.82) is 0 Å². The molecule has 10 heteroatoms. The number of carbonyl (C=O) groups is 1. The number of nitrogens with zero attached hydrogens (tertiary/aromatic N) is 3. The number of Topliss-reactive ketones (excluding diaryl/α,β-unsaturated/α-hetero) is 1. The highest BCUT2D eigenvalue weighted by Crippen LogP contribution is 2.23. The van der Waals surface area contributed by atoms with Crippen molar-refractivity contribution in [3.05, 3.63) is 18.6 Å². The largest absolute Gasteiger partial charge is 0.389 e. The number of hydrogen-bond donors (Lipinski definition) is 2. The maximum absolute atomic E-state index is 12.2. The average molecular weight is 343 g/mol. The first-order chi connectivity index (χ1) is 11.4. The topological polar surface area (TPSA) is 83.1 Å². The lowest BCUT2D eigenvalue weighted by Gasteiger charge is -2.32. The number of aromatic nitrogens is 3. The fourth-order valence-corrected chi connectivity index (χ4v) is 2.48. The smallest absolute Gasteiger partial charge is 0.368 e. The third kappa shape index (κ3) is 4.01. The van der Waals surface area contributed by atoms with Crippen LogP contribution in [-0.2, 0) is 9.53 Å². The van der Waals surface area contributed by atoms with Crippen LogP contribution in [-0.4, -0.2) is 57.7 Å². The van der Waals surface area contributed by atoms with Gasteiger partial charge in [0.15, 0.2) is 11.6 Å². The summed E-state index contributed by atoms with van der Waals surface area (Å²) in [5.41, 5.74) is 3.74. The molecular formula is C14H16F3N5O2. The maximum atomic E-state index is 12.2. The molecule has 130 valence electrons. The number of carbonyl (C=O) groups excluding carboxylic acids is 1. The minimum absolute atomic E-state index is 0.159. The predicted octanol–water partition coefficient (Wildman–Crippen LogP) is 1.90. The molecule has 1 atom stereocenters. The number of nitrogens with one attached hydrogen (secondary N) is 2. The SMILES string of the molecule is O=C(CCC(F)(F)F)C1CN(Nc2ncnc3[nH]ccc23)CCO1. The van der Waals surface area contributed by atoms with E-state index in [1.54, 1.807) is 11.2 Å². The molecule has 1 aliphatic heterocycles. The third-order valence-electron chi connectivity index (χ3n) is 3.70. The molecule has 2 aromatic rings. The number of halogens is 3. The number of alkyl halides is 3. The Morgan fingerprint density at radius 1 is 1.46 bits per heavy atom. The highest BCUT2D eigenvalue weighted by Gasteiger charge is 2.32. The number of rotatable bonds is 5. The van der Waals surface area contributed by atoms with Gasteiger partial charge in [-0.05, 0) is 6.07 Å². The summed E-state index contributed by atoms with van der Waals surface area (Å²) in [7, 11) is 0. The minimum atomic E-state index is -4.34. The highest BCUT2D eigenvalue weighted by atomic mass is 19.4. The molecule has 3 rings (SSSR count). The Labute approximate surface area is 135 Å². The molecule has 0 aromatic carbocycles. The predicted molar refractivity (Wildman–Crippen MR) is 79.1 cm³/mol. The lowest BCUT2D eigenvalue weighted by molar-refractivity contribution is -0.150. The van der Waals surface area contributed by atoms with Gasteiger partial charge in [0, 0.05) is 19.2 Å². The van der Waals surface area contributed by atoms with Gasteiger partial charge in [-0.15, -0.1) is 0 Å². The Hall–Kier alpha value is -2.20. The van der Waals surface area contributed by atoms with Crippen LogP contribution in [0, 0.1) is 0 Å². The van der Waals surface area contributed by atoms with Crippen LogP contribution < -0.4 is 5.43 Å². The van der Waals surface area contributed by atoms with E-state index in [-0.39, 0.29) is 13.2 Å². The molecule has 1 aliphatic rings. The Morgan fingerprint density at radius 3 is 3.08 bits per heavy atom. The molecule has 1 fully saturated rings. The number of hydrogen-bond acceptors (Lipinski definition) is 6. The van der Waals surface area contributed by atoms with Crippen LogP contribution in [0.5, 0.6) is 0 Å². The molecule has 1 saturated heterocycles. The van der Waals surface area contributed by atoms with Crippen LogP contribution in [0.25, 0.3) is 11.0 Å². The van der Waals surface area contributed by atoms with Crippen molar-refractivity contribution in [1.82, 2.24) is 20.0 Å². The normalized spacial score (nSPS) is 19.5. The van der Waals surface area contributed by atoms with Gasteiger partial charge < -0.3 is 15.1 Å². The zero-order valence-electron chi connectivity index (χ0n) is 12.6. The van der Waals surface area contributed by atoms with Crippen molar-refractivity contribution in [2.45, 2.75) is 25.1 Å². The fourth-order valence-electron chi connectivity index (χ4n) is 2.48. The van der Waals surface area contributed by atoms with Crippen LogP contribution in [0.1, 0.15) is 12.8 Å². The molecule has 0 radical (unpaired) electrons. The van der Waals surface area contributed by atoms with E-state index >= 15 is 0 Å². The van der Waals surface area contributed by atoms with Gasteiger partial charge in [0.05, 0.1) is 25.0 Å². The van der Waals surface area contributed by atoms with E-state index in [1.165, 1.54) is 6.33 Å². The average Bonchev–Trinajstić information content (AvgIpc) is 3.02. The Morgan fingerprint density at radius 2 is 2.29 bits per heavy atom. The second-order valence-electron chi connectivity index (χ2n) is 5.46. The monoisotopic (exact) mass is 343 g/mol. The number of morpholine rings is 1. The van der Waals surface area contributed by atoms with Crippen molar-refractivity contribution < 1.29 is 22.7 Å². The molecular weight excluding hydrogens is 327 g/mol. The Kier molecular flexibility index (Phi) is 4.67. The molecule has 0 bridgehead atoms. The van der Waals surface area contributed by atoms with E-state index in [0.717, 1.165) is 5.39 Å².